The summed E-state index contributed by atoms with van der Waals surface area (Å²) < 4.78 is 0. The summed E-state index contributed by atoms with van der Waals surface area (Å²) in [6.45, 7) is 5.49. The number of rotatable bonds is 7. The van der Waals surface area contributed by atoms with Crippen LogP contribution in [0.15, 0.2) is 24.3 Å². The standard InChI is InChI=1S/C15H26N2/c1-5-9-14(6-2)16-15-11-8-7-10-13(15)12-17(3)4/h7-8,10-11,14,16H,5-6,9,12H2,1-4H3. The zero-order chi connectivity index (χ0) is 12.7. The van der Waals surface area contributed by atoms with Crippen LogP contribution in [0.5, 0.6) is 0 Å². The van der Waals surface area contributed by atoms with Gasteiger partial charge in [0.1, 0.15) is 0 Å². The fourth-order valence-electron chi connectivity index (χ4n) is 2.09. The summed E-state index contributed by atoms with van der Waals surface area (Å²) in [6, 6.07) is 9.23. The molecule has 0 bridgehead atoms. The van der Waals surface area contributed by atoms with E-state index in [0.29, 0.717) is 6.04 Å². The zero-order valence-corrected chi connectivity index (χ0v) is 11.7. The Balaban J connectivity index is 2.74. The van der Waals surface area contributed by atoms with Crippen LogP contribution in [0.3, 0.4) is 0 Å². The maximum atomic E-state index is 3.68. The van der Waals surface area contributed by atoms with Crippen LogP contribution in [-0.2, 0) is 6.54 Å². The van der Waals surface area contributed by atoms with Crippen LogP contribution < -0.4 is 5.32 Å². The molecule has 1 unspecified atom stereocenters. The third kappa shape index (κ3) is 4.78. The average Bonchev–Trinajstić information content (AvgIpc) is 2.30. The molecule has 0 aliphatic carbocycles. The van der Waals surface area contributed by atoms with Gasteiger partial charge in [-0.1, -0.05) is 38.5 Å². The monoisotopic (exact) mass is 234 g/mol. The summed E-state index contributed by atoms with van der Waals surface area (Å²) in [7, 11) is 4.22. The molecule has 96 valence electrons. The molecule has 0 heterocycles. The van der Waals surface area contributed by atoms with E-state index < -0.39 is 0 Å². The van der Waals surface area contributed by atoms with Gasteiger partial charge < -0.3 is 10.2 Å². The molecule has 0 aromatic heterocycles. The molecular weight excluding hydrogens is 208 g/mol. The Hall–Kier alpha value is -1.02. The molecule has 0 saturated heterocycles. The summed E-state index contributed by atoms with van der Waals surface area (Å²) in [6.07, 6.45) is 3.66. The fourth-order valence-corrected chi connectivity index (χ4v) is 2.09. The molecule has 0 saturated carbocycles. The van der Waals surface area contributed by atoms with E-state index in [9.17, 15) is 0 Å². The lowest BCUT2D eigenvalue weighted by atomic mass is 10.1. The number of benzene rings is 1. The minimum atomic E-state index is 0.600. The van der Waals surface area contributed by atoms with Crippen LogP contribution in [0.25, 0.3) is 0 Å². The van der Waals surface area contributed by atoms with Crippen LogP contribution in [0, 0.1) is 0 Å². The van der Waals surface area contributed by atoms with Crippen molar-refractivity contribution in [2.24, 2.45) is 0 Å². The van der Waals surface area contributed by atoms with E-state index in [2.05, 4.69) is 62.4 Å². The molecule has 1 rings (SSSR count). The number of nitrogens with one attached hydrogen (secondary N) is 1. The molecule has 1 atom stereocenters. The quantitative estimate of drug-likeness (QED) is 0.773. The molecule has 1 aromatic rings. The van der Waals surface area contributed by atoms with Crippen molar-refractivity contribution < 1.29 is 0 Å². The van der Waals surface area contributed by atoms with Gasteiger partial charge >= 0.3 is 0 Å². The van der Waals surface area contributed by atoms with Crippen molar-refractivity contribution in [1.29, 1.82) is 0 Å². The lowest BCUT2D eigenvalue weighted by Crippen LogP contribution is -2.20. The van der Waals surface area contributed by atoms with Gasteiger partial charge in [0, 0.05) is 18.3 Å². The molecule has 0 aliphatic heterocycles. The summed E-state index contributed by atoms with van der Waals surface area (Å²) >= 11 is 0. The first-order valence-electron chi connectivity index (χ1n) is 6.66. The minimum absolute atomic E-state index is 0.600. The molecule has 2 nitrogen and oxygen atoms in total. The fraction of sp³-hybridized carbons (Fsp3) is 0.600. The van der Waals surface area contributed by atoms with Gasteiger partial charge in [-0.05, 0) is 38.6 Å². The Labute approximate surface area is 106 Å². The van der Waals surface area contributed by atoms with E-state index >= 15 is 0 Å². The Morgan fingerprint density at radius 2 is 1.88 bits per heavy atom. The second-order valence-corrected chi connectivity index (χ2v) is 4.93. The minimum Gasteiger partial charge on any atom is -0.382 e. The number of hydrogen-bond acceptors (Lipinski definition) is 2. The van der Waals surface area contributed by atoms with E-state index in [-0.39, 0.29) is 0 Å². The first-order chi connectivity index (χ1) is 8.17. The molecule has 0 amide bonds. The van der Waals surface area contributed by atoms with Crippen LogP contribution >= 0.6 is 0 Å². The lowest BCUT2D eigenvalue weighted by molar-refractivity contribution is 0.403. The summed E-state index contributed by atoms with van der Waals surface area (Å²) in [5.41, 5.74) is 2.67. The van der Waals surface area contributed by atoms with Gasteiger partial charge in [0.05, 0.1) is 0 Å². The highest BCUT2D eigenvalue weighted by molar-refractivity contribution is 5.51. The number of para-hydroxylation sites is 1. The Morgan fingerprint density at radius 1 is 1.18 bits per heavy atom. The average molecular weight is 234 g/mol. The second kappa shape index (κ2) is 7.33. The molecular formula is C15H26N2. The van der Waals surface area contributed by atoms with Crippen LogP contribution in [0.4, 0.5) is 5.69 Å². The summed E-state index contributed by atoms with van der Waals surface area (Å²) in [4.78, 5) is 2.21. The Morgan fingerprint density at radius 3 is 2.47 bits per heavy atom. The SMILES string of the molecule is CCCC(CC)Nc1ccccc1CN(C)C. The van der Waals surface area contributed by atoms with E-state index in [0.717, 1.165) is 6.54 Å². The van der Waals surface area contributed by atoms with Crippen molar-refractivity contribution in [2.45, 2.75) is 45.7 Å². The highest BCUT2D eigenvalue weighted by Gasteiger charge is 2.08. The second-order valence-electron chi connectivity index (χ2n) is 4.93. The molecule has 17 heavy (non-hydrogen) atoms. The van der Waals surface area contributed by atoms with Crippen molar-refractivity contribution in [2.75, 3.05) is 19.4 Å². The Bertz CT molecular complexity index is 320. The van der Waals surface area contributed by atoms with Gasteiger partial charge in [-0.25, -0.2) is 0 Å². The molecule has 2 heteroatoms. The molecule has 0 aliphatic rings. The van der Waals surface area contributed by atoms with Crippen molar-refractivity contribution in [1.82, 2.24) is 4.90 Å². The van der Waals surface area contributed by atoms with Gasteiger partial charge in [0.25, 0.3) is 0 Å². The number of hydrogen-bond donors (Lipinski definition) is 1. The normalized spacial score (nSPS) is 12.8. The highest BCUT2D eigenvalue weighted by Crippen LogP contribution is 2.19. The van der Waals surface area contributed by atoms with E-state index in [4.69, 9.17) is 0 Å². The Kier molecular flexibility index (Phi) is 6.06. The molecule has 1 aromatic carbocycles. The van der Waals surface area contributed by atoms with E-state index in [1.807, 2.05) is 0 Å². The largest absolute Gasteiger partial charge is 0.382 e. The predicted octanol–water partition coefficient (Wildman–Crippen LogP) is 3.74. The number of anilines is 1. The zero-order valence-electron chi connectivity index (χ0n) is 11.7. The first kappa shape index (κ1) is 14.0. The topological polar surface area (TPSA) is 15.3 Å². The van der Waals surface area contributed by atoms with Gasteiger partial charge in [0.15, 0.2) is 0 Å². The lowest BCUT2D eigenvalue weighted by Gasteiger charge is -2.21. The maximum absolute atomic E-state index is 3.68. The molecule has 1 N–H and O–H groups in total. The maximum Gasteiger partial charge on any atom is 0.0388 e. The van der Waals surface area contributed by atoms with Crippen molar-refractivity contribution in [3.05, 3.63) is 29.8 Å². The van der Waals surface area contributed by atoms with Gasteiger partial charge in [-0.2, -0.15) is 0 Å². The van der Waals surface area contributed by atoms with E-state index in [1.54, 1.807) is 0 Å². The van der Waals surface area contributed by atoms with Gasteiger partial charge in [0.2, 0.25) is 0 Å². The summed E-state index contributed by atoms with van der Waals surface area (Å²) in [5.74, 6) is 0. The van der Waals surface area contributed by atoms with Crippen LogP contribution in [-0.4, -0.2) is 25.0 Å². The van der Waals surface area contributed by atoms with Crippen LogP contribution in [0.2, 0.25) is 0 Å². The molecule has 0 spiro atoms. The third-order valence-electron chi connectivity index (χ3n) is 2.99. The first-order valence-corrected chi connectivity index (χ1v) is 6.66. The number of nitrogens with zero attached hydrogens (tertiary/aromatic N) is 1. The summed E-state index contributed by atoms with van der Waals surface area (Å²) in [5, 5.41) is 3.68. The smallest absolute Gasteiger partial charge is 0.0388 e. The van der Waals surface area contributed by atoms with Gasteiger partial charge in [-0.15, -0.1) is 0 Å². The van der Waals surface area contributed by atoms with Crippen molar-refractivity contribution in [3.63, 3.8) is 0 Å². The highest BCUT2D eigenvalue weighted by atomic mass is 15.1. The third-order valence-corrected chi connectivity index (χ3v) is 2.99. The molecule has 0 fully saturated rings. The van der Waals surface area contributed by atoms with Gasteiger partial charge in [-0.3, -0.25) is 0 Å². The van der Waals surface area contributed by atoms with Crippen molar-refractivity contribution >= 4 is 5.69 Å². The van der Waals surface area contributed by atoms with E-state index in [1.165, 1.54) is 30.5 Å². The van der Waals surface area contributed by atoms with Crippen molar-refractivity contribution in [3.8, 4) is 0 Å². The molecule has 0 radical (unpaired) electrons. The van der Waals surface area contributed by atoms with Crippen LogP contribution in [0.1, 0.15) is 38.7 Å². The predicted molar refractivity (Wildman–Crippen MR) is 76.4 cm³/mol.